The van der Waals surface area contributed by atoms with E-state index in [1.807, 2.05) is 0 Å². The highest BCUT2D eigenvalue weighted by Gasteiger charge is 2.26. The molecule has 0 saturated carbocycles. The minimum Gasteiger partial charge on any atom is -0.459 e. The summed E-state index contributed by atoms with van der Waals surface area (Å²) in [6.07, 6.45) is -0.752. The average Bonchev–Trinajstić information content (AvgIpc) is 2.13. The molecule has 0 aliphatic carbocycles. The molecule has 0 fully saturated rings. The van der Waals surface area contributed by atoms with Crippen LogP contribution >= 0.6 is 0 Å². The second kappa shape index (κ2) is 5.98. The predicted molar refractivity (Wildman–Crippen MR) is 58.2 cm³/mol. The van der Waals surface area contributed by atoms with Crippen LogP contribution in [0.3, 0.4) is 0 Å². The summed E-state index contributed by atoms with van der Waals surface area (Å²) < 4.78 is 5.02. The molecule has 94 valence electrons. The van der Waals surface area contributed by atoms with E-state index < -0.39 is 24.5 Å². The molecule has 0 aromatic heterocycles. The summed E-state index contributed by atoms with van der Waals surface area (Å²) in [5.74, 6) is -3.31. The number of carbonyl (C=O) groups is 1. The highest BCUT2D eigenvalue weighted by atomic mass is 16.7. The van der Waals surface area contributed by atoms with Gasteiger partial charge in [0.15, 0.2) is 0 Å². The van der Waals surface area contributed by atoms with E-state index in [9.17, 15) is 4.79 Å². The third kappa shape index (κ3) is 5.85. The summed E-state index contributed by atoms with van der Waals surface area (Å²) in [5, 5.41) is 26.4. The molecule has 3 N–H and O–H groups in total. The maximum atomic E-state index is 11.5. The van der Waals surface area contributed by atoms with Crippen LogP contribution in [0.1, 0.15) is 40.5 Å². The van der Waals surface area contributed by atoms with Crippen molar-refractivity contribution in [2.45, 2.75) is 52.6 Å². The Morgan fingerprint density at radius 3 is 2.06 bits per heavy atom. The van der Waals surface area contributed by atoms with Crippen LogP contribution < -0.4 is 0 Å². The zero-order valence-corrected chi connectivity index (χ0v) is 10.1. The van der Waals surface area contributed by atoms with Gasteiger partial charge in [0.25, 0.3) is 5.97 Å². The van der Waals surface area contributed by atoms with Gasteiger partial charge in [-0.3, -0.25) is 0 Å². The third-order valence-electron chi connectivity index (χ3n) is 2.29. The molecule has 0 spiro atoms. The number of aliphatic hydroxyl groups is 3. The van der Waals surface area contributed by atoms with Crippen molar-refractivity contribution in [3.05, 3.63) is 11.1 Å². The number of hydrogen-bond acceptors (Lipinski definition) is 5. The Balaban J connectivity index is 4.46. The lowest BCUT2D eigenvalue weighted by Crippen LogP contribution is -2.34. The molecule has 0 aliphatic heterocycles. The molecule has 16 heavy (non-hydrogen) atoms. The van der Waals surface area contributed by atoms with Gasteiger partial charge in [-0.1, -0.05) is 12.5 Å². The molecular formula is C11H20O5. The molecule has 5 heteroatoms. The van der Waals surface area contributed by atoms with E-state index >= 15 is 0 Å². The summed E-state index contributed by atoms with van der Waals surface area (Å²) in [6.45, 7) is 6.92. The first-order valence-electron chi connectivity index (χ1n) is 5.19. The van der Waals surface area contributed by atoms with E-state index in [0.717, 1.165) is 5.57 Å². The minimum atomic E-state index is -2.81. The Hall–Kier alpha value is -0.910. The van der Waals surface area contributed by atoms with Crippen molar-refractivity contribution >= 4 is 5.97 Å². The zero-order valence-electron chi connectivity index (χ0n) is 10.1. The fourth-order valence-electron chi connectivity index (χ4n) is 1.02. The van der Waals surface area contributed by atoms with Crippen molar-refractivity contribution in [3.63, 3.8) is 0 Å². The molecule has 0 heterocycles. The summed E-state index contributed by atoms with van der Waals surface area (Å²) in [5.41, 5.74) is 1.32. The smallest absolute Gasteiger partial charge is 0.333 e. The van der Waals surface area contributed by atoms with Crippen molar-refractivity contribution in [2.75, 3.05) is 0 Å². The molecule has 0 amide bonds. The van der Waals surface area contributed by atoms with Crippen LogP contribution in [0.4, 0.5) is 0 Å². The number of ether oxygens (including phenoxy) is 1. The lowest BCUT2D eigenvalue weighted by molar-refractivity contribution is -0.322. The minimum absolute atomic E-state index is 0.394. The summed E-state index contributed by atoms with van der Waals surface area (Å²) in [6, 6.07) is 0. The van der Waals surface area contributed by atoms with Crippen LogP contribution in [0.15, 0.2) is 11.1 Å². The fraction of sp³-hybridized carbons (Fsp3) is 0.727. The van der Waals surface area contributed by atoms with Gasteiger partial charge in [0.2, 0.25) is 0 Å². The van der Waals surface area contributed by atoms with Crippen molar-refractivity contribution in [3.8, 4) is 0 Å². The molecule has 0 saturated heterocycles. The van der Waals surface area contributed by atoms with E-state index in [0.29, 0.717) is 12.0 Å². The van der Waals surface area contributed by atoms with E-state index in [1.54, 1.807) is 27.7 Å². The van der Waals surface area contributed by atoms with Crippen molar-refractivity contribution in [1.82, 2.24) is 0 Å². The molecular weight excluding hydrogens is 212 g/mol. The Morgan fingerprint density at radius 1 is 1.25 bits per heavy atom. The standard InChI is InChI=1S/C11H20O5/c1-5-9(6-11(13,14)15)16-10(12)8(4)7(2)3/h9,13-15H,5-6H2,1-4H3. The Kier molecular flexibility index (Phi) is 5.64. The molecule has 0 rings (SSSR count). The third-order valence-corrected chi connectivity index (χ3v) is 2.29. The first-order valence-corrected chi connectivity index (χ1v) is 5.19. The van der Waals surface area contributed by atoms with E-state index in [1.165, 1.54) is 0 Å². The van der Waals surface area contributed by atoms with Crippen molar-refractivity contribution in [1.29, 1.82) is 0 Å². The first-order chi connectivity index (χ1) is 7.17. The van der Waals surface area contributed by atoms with Gasteiger partial charge in [-0.15, -0.1) is 0 Å². The first kappa shape index (κ1) is 15.1. The van der Waals surface area contributed by atoms with E-state index in [4.69, 9.17) is 20.1 Å². The van der Waals surface area contributed by atoms with Crippen LogP contribution in [0.5, 0.6) is 0 Å². The van der Waals surface area contributed by atoms with Crippen LogP contribution in [0.2, 0.25) is 0 Å². The highest BCUT2D eigenvalue weighted by Crippen LogP contribution is 2.14. The topological polar surface area (TPSA) is 87.0 Å². The van der Waals surface area contributed by atoms with E-state index in [-0.39, 0.29) is 0 Å². The number of carbonyl (C=O) groups excluding carboxylic acids is 1. The predicted octanol–water partition coefficient (Wildman–Crippen LogP) is 0.685. The van der Waals surface area contributed by atoms with Gasteiger partial charge in [-0.2, -0.15) is 0 Å². The zero-order chi connectivity index (χ0) is 12.9. The molecule has 0 aromatic carbocycles. The van der Waals surface area contributed by atoms with Crippen LogP contribution in [0.25, 0.3) is 0 Å². The maximum Gasteiger partial charge on any atom is 0.333 e. The maximum absolute atomic E-state index is 11.5. The van der Waals surface area contributed by atoms with Gasteiger partial charge in [0.05, 0.1) is 6.42 Å². The summed E-state index contributed by atoms with van der Waals surface area (Å²) in [7, 11) is 0. The molecule has 1 unspecified atom stereocenters. The average molecular weight is 232 g/mol. The monoisotopic (exact) mass is 232 g/mol. The van der Waals surface area contributed by atoms with Gasteiger partial charge in [0, 0.05) is 5.57 Å². The number of esters is 1. The van der Waals surface area contributed by atoms with Gasteiger partial charge in [0.1, 0.15) is 6.10 Å². The largest absolute Gasteiger partial charge is 0.459 e. The lowest BCUT2D eigenvalue weighted by Gasteiger charge is -2.22. The van der Waals surface area contributed by atoms with Crippen molar-refractivity contribution < 1.29 is 24.9 Å². The SMILES string of the molecule is CCC(CC(O)(O)O)OC(=O)C(C)=C(C)C. The lowest BCUT2D eigenvalue weighted by atomic mass is 10.1. The molecule has 0 aromatic rings. The van der Waals surface area contributed by atoms with E-state index in [2.05, 4.69) is 0 Å². The Labute approximate surface area is 95.4 Å². The normalized spacial score (nSPS) is 13.2. The molecule has 5 nitrogen and oxygen atoms in total. The second-order valence-electron chi connectivity index (χ2n) is 4.04. The number of rotatable bonds is 5. The Bertz CT molecular complexity index is 271. The highest BCUT2D eigenvalue weighted by molar-refractivity contribution is 5.88. The van der Waals surface area contributed by atoms with Crippen LogP contribution in [-0.2, 0) is 9.53 Å². The van der Waals surface area contributed by atoms with Crippen LogP contribution in [0, 0.1) is 0 Å². The molecule has 0 bridgehead atoms. The number of hydrogen-bond donors (Lipinski definition) is 3. The van der Waals surface area contributed by atoms with Gasteiger partial charge < -0.3 is 20.1 Å². The molecule has 1 atom stereocenters. The molecule has 0 aliphatic rings. The second-order valence-corrected chi connectivity index (χ2v) is 4.04. The number of allylic oxidation sites excluding steroid dienone is 1. The van der Waals surface area contributed by atoms with Gasteiger partial charge >= 0.3 is 5.97 Å². The Morgan fingerprint density at radius 2 is 1.75 bits per heavy atom. The molecule has 0 radical (unpaired) electrons. The fourth-order valence-corrected chi connectivity index (χ4v) is 1.02. The van der Waals surface area contributed by atoms with Gasteiger partial charge in [-0.25, -0.2) is 4.79 Å². The van der Waals surface area contributed by atoms with Gasteiger partial charge in [-0.05, 0) is 27.2 Å². The quantitative estimate of drug-likeness (QED) is 0.369. The summed E-state index contributed by atoms with van der Waals surface area (Å²) in [4.78, 5) is 11.5. The van der Waals surface area contributed by atoms with Crippen molar-refractivity contribution in [2.24, 2.45) is 0 Å². The van der Waals surface area contributed by atoms with Crippen LogP contribution in [-0.4, -0.2) is 33.4 Å². The summed E-state index contributed by atoms with van der Waals surface area (Å²) >= 11 is 0.